The van der Waals surface area contributed by atoms with Crippen LogP contribution < -0.4 is 0 Å². The molecule has 0 saturated carbocycles. The Kier molecular flexibility index (Phi) is 2.95. The maximum Gasteiger partial charge on any atom is 0.323 e. The molecule has 0 rings (SSSR count). The van der Waals surface area contributed by atoms with Crippen molar-refractivity contribution in [1.82, 2.24) is 0 Å². The molecular weight excluding hydrogens is 135 g/mol. The summed E-state index contributed by atoms with van der Waals surface area (Å²) in [7, 11) is 2.62. The molecule has 0 radical (unpaired) electrons. The van der Waals surface area contributed by atoms with E-state index < -0.39 is 6.72 Å². The summed E-state index contributed by atoms with van der Waals surface area (Å²) in [5.74, 6) is 0. The van der Waals surface area contributed by atoms with E-state index >= 15 is 0 Å². The Hall–Kier alpha value is 0.530. The van der Waals surface area contributed by atoms with Crippen molar-refractivity contribution in [1.29, 1.82) is 0 Å². The molecule has 5 heteroatoms. The Morgan fingerprint density at radius 3 is 1.71 bits per heavy atom. The Morgan fingerprint density at radius 2 is 1.71 bits per heavy atom. The SMILES string of the molecule is COP(O)(=S)OC. The largest absolute Gasteiger partial charge is 0.324 e. The average Bonchev–Trinajstić information content (AvgIpc) is 1.68. The first-order chi connectivity index (χ1) is 3.12. The fourth-order valence-electron chi connectivity index (χ4n) is 0.0745. The first-order valence-electron chi connectivity index (χ1n) is 1.56. The molecule has 0 saturated heterocycles. The molecular formula is C2H7O3PS. The zero-order valence-corrected chi connectivity index (χ0v) is 5.83. The maximum absolute atomic E-state index is 8.61. The van der Waals surface area contributed by atoms with Crippen LogP contribution in [0.3, 0.4) is 0 Å². The lowest BCUT2D eigenvalue weighted by Gasteiger charge is -2.06. The van der Waals surface area contributed by atoms with Crippen LogP contribution in [-0.4, -0.2) is 19.1 Å². The first-order valence-corrected chi connectivity index (χ1v) is 4.16. The van der Waals surface area contributed by atoms with Crippen molar-refractivity contribution < 1.29 is 13.9 Å². The van der Waals surface area contributed by atoms with E-state index in [1.807, 2.05) is 0 Å². The summed E-state index contributed by atoms with van der Waals surface area (Å²) in [6.07, 6.45) is 0. The lowest BCUT2D eigenvalue weighted by molar-refractivity contribution is 0.267. The van der Waals surface area contributed by atoms with Gasteiger partial charge in [-0.15, -0.1) is 0 Å². The van der Waals surface area contributed by atoms with E-state index in [4.69, 9.17) is 4.89 Å². The second-order valence-corrected chi connectivity index (χ2v) is 3.89. The molecule has 0 aromatic carbocycles. The molecule has 0 fully saturated rings. The summed E-state index contributed by atoms with van der Waals surface area (Å²) in [6.45, 7) is -2.82. The van der Waals surface area contributed by atoms with Crippen LogP contribution in [0.15, 0.2) is 0 Å². The van der Waals surface area contributed by atoms with E-state index in [9.17, 15) is 0 Å². The fourth-order valence-corrected chi connectivity index (χ4v) is 0.224. The standard InChI is InChI=1S/C2H7O3PS/c1-4-6(3,7)5-2/h1-2H3,(H,3,7). The van der Waals surface area contributed by atoms with Gasteiger partial charge in [0.15, 0.2) is 0 Å². The van der Waals surface area contributed by atoms with Gasteiger partial charge < -0.3 is 13.9 Å². The summed E-state index contributed by atoms with van der Waals surface area (Å²) >= 11 is 4.37. The van der Waals surface area contributed by atoms with E-state index in [2.05, 4.69) is 20.9 Å². The van der Waals surface area contributed by atoms with Crippen LogP contribution >= 0.6 is 6.72 Å². The molecule has 0 amide bonds. The van der Waals surface area contributed by atoms with Gasteiger partial charge in [0, 0.05) is 14.2 Å². The normalized spacial score (nSPS) is 11.9. The Morgan fingerprint density at radius 1 is 1.43 bits per heavy atom. The lowest BCUT2D eigenvalue weighted by Crippen LogP contribution is -1.82. The average molecular weight is 142 g/mol. The molecule has 0 aromatic rings. The maximum atomic E-state index is 8.61. The van der Waals surface area contributed by atoms with Gasteiger partial charge in [-0.3, -0.25) is 0 Å². The summed E-state index contributed by atoms with van der Waals surface area (Å²) in [6, 6.07) is 0. The summed E-state index contributed by atoms with van der Waals surface area (Å²) < 4.78 is 8.69. The van der Waals surface area contributed by atoms with Crippen molar-refractivity contribution in [2.45, 2.75) is 0 Å². The zero-order chi connectivity index (χ0) is 5.91. The Bertz CT molecular complexity index is 84.9. The highest BCUT2D eigenvalue weighted by Crippen LogP contribution is 2.40. The molecule has 1 N–H and O–H groups in total. The van der Waals surface area contributed by atoms with Gasteiger partial charge in [0.25, 0.3) is 0 Å². The molecule has 44 valence electrons. The molecule has 0 unspecified atom stereocenters. The van der Waals surface area contributed by atoms with Gasteiger partial charge in [0.1, 0.15) is 0 Å². The first kappa shape index (κ1) is 7.53. The minimum Gasteiger partial charge on any atom is -0.324 e. The predicted octanol–water partition coefficient (Wildman–Crippen LogP) is 0.496. The van der Waals surface area contributed by atoms with E-state index in [1.54, 1.807) is 0 Å². The highest BCUT2D eigenvalue weighted by atomic mass is 32.5. The summed E-state index contributed by atoms with van der Waals surface area (Å²) in [5, 5.41) is 0. The molecule has 0 aliphatic heterocycles. The third-order valence-corrected chi connectivity index (χ3v) is 2.28. The van der Waals surface area contributed by atoms with Gasteiger partial charge in [0.2, 0.25) is 0 Å². The van der Waals surface area contributed by atoms with Gasteiger partial charge >= 0.3 is 6.72 Å². The molecule has 3 nitrogen and oxygen atoms in total. The van der Waals surface area contributed by atoms with Gasteiger partial charge in [-0.25, -0.2) is 0 Å². The van der Waals surface area contributed by atoms with E-state index in [0.717, 1.165) is 0 Å². The Balaban J connectivity index is 3.61. The second kappa shape index (κ2) is 2.74. The van der Waals surface area contributed by atoms with Crippen molar-refractivity contribution in [3.8, 4) is 0 Å². The van der Waals surface area contributed by atoms with Crippen molar-refractivity contribution >= 4 is 18.5 Å². The fraction of sp³-hybridized carbons (Fsp3) is 1.00. The van der Waals surface area contributed by atoms with E-state index in [0.29, 0.717) is 0 Å². The van der Waals surface area contributed by atoms with Crippen LogP contribution in [0.25, 0.3) is 0 Å². The molecule has 0 spiro atoms. The highest BCUT2D eigenvalue weighted by Gasteiger charge is 2.06. The van der Waals surface area contributed by atoms with Crippen LogP contribution in [0.1, 0.15) is 0 Å². The number of rotatable bonds is 2. The minimum atomic E-state index is -2.82. The number of hydrogen-bond donors (Lipinski definition) is 1. The van der Waals surface area contributed by atoms with Gasteiger partial charge in [-0.2, -0.15) is 0 Å². The molecule has 0 aliphatic rings. The van der Waals surface area contributed by atoms with Crippen molar-refractivity contribution in [3.05, 3.63) is 0 Å². The molecule has 0 aliphatic carbocycles. The highest BCUT2D eigenvalue weighted by molar-refractivity contribution is 8.07. The molecule has 0 bridgehead atoms. The Labute approximate surface area is 47.5 Å². The van der Waals surface area contributed by atoms with Crippen LogP contribution in [0.2, 0.25) is 0 Å². The van der Waals surface area contributed by atoms with Gasteiger partial charge in [0.05, 0.1) is 0 Å². The third kappa shape index (κ3) is 3.14. The van der Waals surface area contributed by atoms with Crippen molar-refractivity contribution in [3.63, 3.8) is 0 Å². The quantitative estimate of drug-likeness (QED) is 0.569. The second-order valence-electron chi connectivity index (χ2n) is 0.834. The molecule has 0 atom stereocenters. The van der Waals surface area contributed by atoms with Gasteiger partial charge in [-0.1, -0.05) is 0 Å². The van der Waals surface area contributed by atoms with Crippen molar-refractivity contribution in [2.24, 2.45) is 0 Å². The lowest BCUT2D eigenvalue weighted by atomic mass is 11.8. The van der Waals surface area contributed by atoms with E-state index in [-0.39, 0.29) is 0 Å². The predicted molar refractivity (Wildman–Crippen MR) is 30.5 cm³/mol. The zero-order valence-electron chi connectivity index (χ0n) is 4.12. The van der Waals surface area contributed by atoms with Crippen LogP contribution in [0.5, 0.6) is 0 Å². The van der Waals surface area contributed by atoms with Gasteiger partial charge in [-0.05, 0) is 11.8 Å². The molecule has 7 heavy (non-hydrogen) atoms. The smallest absolute Gasteiger partial charge is 0.323 e. The van der Waals surface area contributed by atoms with E-state index in [1.165, 1.54) is 14.2 Å². The topological polar surface area (TPSA) is 38.7 Å². The summed E-state index contributed by atoms with van der Waals surface area (Å²) in [5.41, 5.74) is 0. The van der Waals surface area contributed by atoms with Crippen LogP contribution in [0, 0.1) is 0 Å². The monoisotopic (exact) mass is 142 g/mol. The third-order valence-electron chi connectivity index (χ3n) is 0.461. The molecule has 0 aromatic heterocycles. The van der Waals surface area contributed by atoms with Crippen LogP contribution in [0.4, 0.5) is 0 Å². The number of hydrogen-bond acceptors (Lipinski definition) is 3. The minimum absolute atomic E-state index is 1.31. The van der Waals surface area contributed by atoms with Crippen molar-refractivity contribution in [2.75, 3.05) is 14.2 Å². The van der Waals surface area contributed by atoms with Crippen LogP contribution in [-0.2, 0) is 20.9 Å². The summed E-state index contributed by atoms with van der Waals surface area (Å²) in [4.78, 5) is 8.61. The molecule has 0 heterocycles.